The van der Waals surface area contributed by atoms with E-state index in [9.17, 15) is 4.79 Å². The number of nitrogens with zero attached hydrogens (tertiary/aromatic N) is 2. The van der Waals surface area contributed by atoms with E-state index < -0.39 is 0 Å². The highest BCUT2D eigenvalue weighted by Crippen LogP contribution is 2.24. The normalized spacial score (nSPS) is 14.4. The Labute approximate surface area is 142 Å². The van der Waals surface area contributed by atoms with Gasteiger partial charge in [-0.05, 0) is 24.3 Å². The second kappa shape index (κ2) is 7.25. The molecule has 2 aromatic carbocycles. The molecule has 0 radical (unpaired) electrons. The number of para-hydroxylation sites is 1. The molecule has 24 heavy (non-hydrogen) atoms. The predicted molar refractivity (Wildman–Crippen MR) is 94.1 cm³/mol. The summed E-state index contributed by atoms with van der Waals surface area (Å²) >= 11 is 0. The van der Waals surface area contributed by atoms with E-state index in [0.29, 0.717) is 24.4 Å². The van der Waals surface area contributed by atoms with Crippen molar-refractivity contribution in [1.29, 1.82) is 0 Å². The number of rotatable bonds is 4. The van der Waals surface area contributed by atoms with E-state index in [1.807, 2.05) is 47.4 Å². The molecule has 3 rings (SSSR count). The van der Waals surface area contributed by atoms with Crippen LogP contribution in [0.3, 0.4) is 0 Å². The number of benzene rings is 2. The summed E-state index contributed by atoms with van der Waals surface area (Å²) in [5.74, 6) is 1.50. The van der Waals surface area contributed by atoms with Crippen molar-refractivity contribution in [3.63, 3.8) is 0 Å². The summed E-state index contributed by atoms with van der Waals surface area (Å²) in [5, 5.41) is 0. The van der Waals surface area contributed by atoms with Crippen LogP contribution in [0.2, 0.25) is 0 Å². The Morgan fingerprint density at radius 3 is 2.38 bits per heavy atom. The summed E-state index contributed by atoms with van der Waals surface area (Å²) in [5.41, 5.74) is 1.74. The van der Waals surface area contributed by atoms with Crippen molar-refractivity contribution >= 4 is 11.6 Å². The second-order valence-electron chi connectivity index (χ2n) is 5.68. The molecule has 5 nitrogen and oxygen atoms in total. The van der Waals surface area contributed by atoms with Crippen molar-refractivity contribution in [3.05, 3.63) is 54.1 Å². The minimum Gasteiger partial charge on any atom is -0.497 e. The van der Waals surface area contributed by atoms with Crippen LogP contribution < -0.4 is 14.4 Å². The number of piperazine rings is 1. The maximum absolute atomic E-state index is 12.7. The molecule has 0 N–H and O–H groups in total. The average Bonchev–Trinajstić information content (AvgIpc) is 2.67. The van der Waals surface area contributed by atoms with E-state index in [1.165, 1.54) is 0 Å². The van der Waals surface area contributed by atoms with Crippen LogP contribution >= 0.6 is 0 Å². The SMILES string of the molecule is COc1cccc(N2CCN(C(=O)c3ccccc3OC)CC2)c1. The van der Waals surface area contributed by atoms with Crippen LogP contribution in [0.5, 0.6) is 11.5 Å². The second-order valence-corrected chi connectivity index (χ2v) is 5.68. The molecule has 0 unspecified atom stereocenters. The molecule has 1 aliphatic heterocycles. The van der Waals surface area contributed by atoms with Crippen molar-refractivity contribution < 1.29 is 14.3 Å². The average molecular weight is 326 g/mol. The fraction of sp³-hybridized carbons (Fsp3) is 0.316. The van der Waals surface area contributed by atoms with Crippen LogP contribution in [-0.4, -0.2) is 51.2 Å². The van der Waals surface area contributed by atoms with Gasteiger partial charge in [-0.25, -0.2) is 0 Å². The third-order valence-electron chi connectivity index (χ3n) is 4.32. The van der Waals surface area contributed by atoms with Crippen molar-refractivity contribution in [3.8, 4) is 11.5 Å². The Kier molecular flexibility index (Phi) is 4.89. The molecule has 2 aromatic rings. The zero-order valence-corrected chi connectivity index (χ0v) is 14.1. The number of amides is 1. The number of ether oxygens (including phenoxy) is 2. The lowest BCUT2D eigenvalue weighted by molar-refractivity contribution is 0.0743. The van der Waals surface area contributed by atoms with Gasteiger partial charge in [0.1, 0.15) is 11.5 Å². The van der Waals surface area contributed by atoms with Crippen LogP contribution in [0.15, 0.2) is 48.5 Å². The Morgan fingerprint density at radius 1 is 0.917 bits per heavy atom. The van der Waals surface area contributed by atoms with Gasteiger partial charge in [0.15, 0.2) is 0 Å². The van der Waals surface area contributed by atoms with Crippen LogP contribution in [-0.2, 0) is 0 Å². The van der Waals surface area contributed by atoms with Gasteiger partial charge in [0.2, 0.25) is 0 Å². The van der Waals surface area contributed by atoms with Gasteiger partial charge in [-0.1, -0.05) is 18.2 Å². The maximum atomic E-state index is 12.7. The minimum atomic E-state index is 0.0257. The van der Waals surface area contributed by atoms with Crippen molar-refractivity contribution in [2.45, 2.75) is 0 Å². The van der Waals surface area contributed by atoms with Gasteiger partial charge >= 0.3 is 0 Å². The molecule has 1 aliphatic rings. The van der Waals surface area contributed by atoms with Gasteiger partial charge < -0.3 is 19.3 Å². The molecule has 1 fully saturated rings. The van der Waals surface area contributed by atoms with Gasteiger partial charge in [0.05, 0.1) is 19.8 Å². The molecule has 5 heteroatoms. The van der Waals surface area contributed by atoms with E-state index in [4.69, 9.17) is 9.47 Å². The summed E-state index contributed by atoms with van der Waals surface area (Å²) in [6.45, 7) is 2.98. The molecule has 0 aromatic heterocycles. The Morgan fingerprint density at radius 2 is 1.67 bits per heavy atom. The first-order valence-corrected chi connectivity index (χ1v) is 8.04. The van der Waals surface area contributed by atoms with Crippen molar-refractivity contribution in [1.82, 2.24) is 4.90 Å². The van der Waals surface area contributed by atoms with E-state index in [1.54, 1.807) is 14.2 Å². The van der Waals surface area contributed by atoms with Crippen LogP contribution in [0, 0.1) is 0 Å². The Balaban J connectivity index is 1.67. The minimum absolute atomic E-state index is 0.0257. The number of carbonyl (C=O) groups excluding carboxylic acids is 1. The summed E-state index contributed by atoms with van der Waals surface area (Å²) < 4.78 is 10.6. The first kappa shape index (κ1) is 16.2. The molecule has 0 saturated carbocycles. The first-order valence-electron chi connectivity index (χ1n) is 8.04. The molecule has 0 atom stereocenters. The highest BCUT2D eigenvalue weighted by atomic mass is 16.5. The van der Waals surface area contributed by atoms with Crippen molar-refractivity contribution in [2.24, 2.45) is 0 Å². The topological polar surface area (TPSA) is 42.0 Å². The molecule has 0 bridgehead atoms. The molecule has 126 valence electrons. The van der Waals surface area contributed by atoms with Gasteiger partial charge in [-0.3, -0.25) is 4.79 Å². The monoisotopic (exact) mass is 326 g/mol. The molecular weight excluding hydrogens is 304 g/mol. The van der Waals surface area contributed by atoms with Gasteiger partial charge in [-0.15, -0.1) is 0 Å². The highest BCUT2D eigenvalue weighted by Gasteiger charge is 2.24. The van der Waals surface area contributed by atoms with E-state index in [-0.39, 0.29) is 5.91 Å². The van der Waals surface area contributed by atoms with Crippen LogP contribution in [0.1, 0.15) is 10.4 Å². The maximum Gasteiger partial charge on any atom is 0.257 e. The number of anilines is 1. The van der Waals surface area contributed by atoms with Gasteiger partial charge in [-0.2, -0.15) is 0 Å². The third-order valence-corrected chi connectivity index (χ3v) is 4.32. The lowest BCUT2D eigenvalue weighted by atomic mass is 10.1. The summed E-state index contributed by atoms with van der Waals surface area (Å²) in [7, 11) is 3.26. The number of methoxy groups -OCH3 is 2. The lowest BCUT2D eigenvalue weighted by Crippen LogP contribution is -2.48. The molecule has 1 heterocycles. The standard InChI is InChI=1S/C19H22N2O3/c1-23-16-7-5-6-15(14-16)20-10-12-21(13-11-20)19(22)17-8-3-4-9-18(17)24-2/h3-9,14H,10-13H2,1-2H3. The molecule has 0 aliphatic carbocycles. The van der Waals surface area contributed by atoms with Gasteiger partial charge in [0.25, 0.3) is 5.91 Å². The summed E-state index contributed by atoms with van der Waals surface area (Å²) in [6, 6.07) is 15.4. The smallest absolute Gasteiger partial charge is 0.257 e. The zero-order chi connectivity index (χ0) is 16.9. The predicted octanol–water partition coefficient (Wildman–Crippen LogP) is 2.67. The van der Waals surface area contributed by atoms with E-state index >= 15 is 0 Å². The molecule has 1 amide bonds. The van der Waals surface area contributed by atoms with E-state index in [2.05, 4.69) is 11.0 Å². The van der Waals surface area contributed by atoms with Crippen molar-refractivity contribution in [2.75, 3.05) is 45.3 Å². The Bertz CT molecular complexity index is 709. The zero-order valence-electron chi connectivity index (χ0n) is 14.1. The molecule has 0 spiro atoms. The fourth-order valence-corrected chi connectivity index (χ4v) is 2.97. The number of hydrogen-bond donors (Lipinski definition) is 0. The largest absolute Gasteiger partial charge is 0.497 e. The highest BCUT2D eigenvalue weighted by molar-refractivity contribution is 5.97. The van der Waals surface area contributed by atoms with Gasteiger partial charge in [0, 0.05) is 37.9 Å². The number of hydrogen-bond acceptors (Lipinski definition) is 4. The third kappa shape index (κ3) is 3.30. The Hall–Kier alpha value is -2.69. The first-order chi connectivity index (χ1) is 11.7. The summed E-state index contributed by atoms with van der Waals surface area (Å²) in [4.78, 5) is 16.9. The quantitative estimate of drug-likeness (QED) is 0.866. The summed E-state index contributed by atoms with van der Waals surface area (Å²) in [6.07, 6.45) is 0. The number of carbonyl (C=O) groups is 1. The fourth-order valence-electron chi connectivity index (χ4n) is 2.97. The van der Waals surface area contributed by atoms with Crippen LogP contribution in [0.25, 0.3) is 0 Å². The molecular formula is C19H22N2O3. The van der Waals surface area contributed by atoms with Crippen LogP contribution in [0.4, 0.5) is 5.69 Å². The lowest BCUT2D eigenvalue weighted by Gasteiger charge is -2.36. The van der Waals surface area contributed by atoms with E-state index in [0.717, 1.165) is 24.5 Å². The molecule has 1 saturated heterocycles.